The highest BCUT2D eigenvalue weighted by atomic mass is 19.4. The average Bonchev–Trinajstić information content (AvgIpc) is 3.42. The quantitative estimate of drug-likeness (QED) is 0.444. The van der Waals surface area contributed by atoms with E-state index >= 15 is 0 Å². The Hall–Kier alpha value is -3.62. The maximum Gasteiger partial charge on any atom is 0.574 e. The van der Waals surface area contributed by atoms with Crippen molar-refractivity contribution in [2.45, 2.75) is 49.5 Å². The van der Waals surface area contributed by atoms with Crippen LogP contribution >= 0.6 is 0 Å². The van der Waals surface area contributed by atoms with E-state index in [2.05, 4.69) is 35.7 Å². The van der Waals surface area contributed by atoms with Crippen LogP contribution in [0, 0.1) is 5.92 Å². The molecule has 4 fully saturated rings. The molecule has 0 radical (unpaired) electrons. The van der Waals surface area contributed by atoms with Gasteiger partial charge in [0.2, 0.25) is 5.88 Å². The van der Waals surface area contributed by atoms with E-state index in [0.29, 0.717) is 5.92 Å². The number of aromatic amines is 1. The smallest absolute Gasteiger partial charge is 0.441 e. The van der Waals surface area contributed by atoms with Gasteiger partial charge >= 0.3 is 12.5 Å². The summed E-state index contributed by atoms with van der Waals surface area (Å²) in [6.45, 7) is -0.116. The molecule has 2 bridgehead atoms. The fourth-order valence-corrected chi connectivity index (χ4v) is 4.78. The lowest BCUT2D eigenvalue weighted by molar-refractivity contribution is -0.276. The summed E-state index contributed by atoms with van der Waals surface area (Å²) in [6.07, 6.45) is -3.79. The Kier molecular flexibility index (Phi) is 4.81. The first-order valence-corrected chi connectivity index (χ1v) is 10.8. The summed E-state index contributed by atoms with van der Waals surface area (Å²) in [6, 6.07) is 2.53. The third kappa shape index (κ3) is 4.09. The van der Waals surface area contributed by atoms with Gasteiger partial charge in [0, 0.05) is 30.1 Å². The molecule has 3 saturated carbocycles. The monoisotopic (exact) mass is 497 g/mol. The summed E-state index contributed by atoms with van der Waals surface area (Å²) >= 11 is 0. The molecule has 1 saturated heterocycles. The van der Waals surface area contributed by atoms with Crippen molar-refractivity contribution >= 4 is 23.2 Å². The third-order valence-electron chi connectivity index (χ3n) is 6.49. The largest absolute Gasteiger partial charge is 0.574 e. The molecular weight excluding hydrogens is 478 g/mol. The van der Waals surface area contributed by atoms with Gasteiger partial charge in [-0.3, -0.25) is 5.10 Å². The summed E-state index contributed by atoms with van der Waals surface area (Å²) in [5.41, 5.74) is 0.301. The van der Waals surface area contributed by atoms with Crippen molar-refractivity contribution in [1.82, 2.24) is 30.1 Å². The summed E-state index contributed by atoms with van der Waals surface area (Å²) < 4.78 is 68.2. The van der Waals surface area contributed by atoms with Crippen molar-refractivity contribution in [3.8, 4) is 5.88 Å². The number of fused-ring (bicyclic) bond motifs is 1. The van der Waals surface area contributed by atoms with Gasteiger partial charge in [-0.1, -0.05) is 0 Å². The second kappa shape index (κ2) is 7.69. The summed E-state index contributed by atoms with van der Waals surface area (Å²) in [7, 11) is 0. The first kappa shape index (κ1) is 21.9. The molecule has 4 heterocycles. The number of aromatic nitrogens is 5. The predicted octanol–water partition coefficient (Wildman–Crippen LogP) is 3.15. The number of anilines is 2. The molecule has 4 aliphatic rings. The molecule has 3 aromatic rings. The van der Waals surface area contributed by atoms with Crippen molar-refractivity contribution in [2.24, 2.45) is 5.92 Å². The number of H-pyrrole nitrogens is 1. The zero-order valence-corrected chi connectivity index (χ0v) is 17.9. The molecule has 3 atom stereocenters. The molecule has 11 nitrogen and oxygen atoms in total. The van der Waals surface area contributed by atoms with E-state index in [9.17, 15) is 22.4 Å². The molecule has 3 N–H and O–H groups in total. The van der Waals surface area contributed by atoms with Crippen molar-refractivity contribution < 1.29 is 36.6 Å². The summed E-state index contributed by atoms with van der Waals surface area (Å²) in [4.78, 5) is 16.2. The number of alkyl halides is 4. The number of alkyl carbamates (subject to hydrolysis) is 1. The summed E-state index contributed by atoms with van der Waals surface area (Å²) in [5, 5.41) is 16.1. The zero-order valence-electron chi connectivity index (χ0n) is 17.9. The van der Waals surface area contributed by atoms with Gasteiger partial charge in [0.25, 0.3) is 0 Å². The van der Waals surface area contributed by atoms with Crippen LogP contribution < -0.4 is 15.4 Å². The van der Waals surface area contributed by atoms with Gasteiger partial charge in [-0.2, -0.15) is 5.10 Å². The number of halogens is 4. The van der Waals surface area contributed by atoms with Gasteiger partial charge in [-0.15, -0.1) is 18.3 Å². The van der Waals surface area contributed by atoms with Crippen LogP contribution in [0.25, 0.3) is 5.52 Å². The number of nitrogens with one attached hydrogen (secondary N) is 3. The number of hydrogen-bond donors (Lipinski definition) is 3. The molecule has 1 aliphatic heterocycles. The van der Waals surface area contributed by atoms with Crippen molar-refractivity contribution in [3.63, 3.8) is 0 Å². The highest BCUT2D eigenvalue weighted by molar-refractivity contribution is 5.73. The van der Waals surface area contributed by atoms with E-state index < -0.39 is 36.7 Å². The first-order valence-electron chi connectivity index (χ1n) is 10.8. The van der Waals surface area contributed by atoms with Crippen LogP contribution in [0.15, 0.2) is 24.5 Å². The molecule has 1 amide bonds. The van der Waals surface area contributed by atoms with Crippen LogP contribution in [0.2, 0.25) is 0 Å². The van der Waals surface area contributed by atoms with E-state index in [1.807, 2.05) is 0 Å². The molecule has 15 heteroatoms. The van der Waals surface area contributed by atoms with Crippen LogP contribution in [0.5, 0.6) is 5.88 Å². The lowest BCUT2D eigenvalue weighted by atomic mass is 9.50. The second-order valence-corrected chi connectivity index (χ2v) is 9.00. The maximum absolute atomic E-state index is 15.0. The standard InChI is InChI=1S/C20H19F4N7O4/c21-15-12(34-18(32)27-19-5-9(6-19)7-19)8-33-16(15)10-3-13(29-28-10)26-17-11-4-14(35-20(22,23)24)30-31(11)2-1-25-17/h1-4,9,12,15-16H,5-8H2,(H,27,32)(H2,25,26,28,29)/t9?,12-,15-,16-,19?/m1/s1. The molecule has 0 aromatic carbocycles. The molecule has 3 aliphatic carbocycles. The van der Waals surface area contributed by atoms with Gasteiger partial charge in [-0.25, -0.2) is 18.7 Å². The molecule has 186 valence electrons. The fraction of sp³-hybridized carbons (Fsp3) is 0.500. The van der Waals surface area contributed by atoms with Gasteiger partial charge in [0.15, 0.2) is 23.9 Å². The Morgan fingerprint density at radius 3 is 2.80 bits per heavy atom. The summed E-state index contributed by atoms with van der Waals surface area (Å²) in [5.74, 6) is 0.380. The highest BCUT2D eigenvalue weighted by Gasteiger charge is 2.58. The van der Waals surface area contributed by atoms with Crippen LogP contribution in [0.1, 0.15) is 31.1 Å². The minimum atomic E-state index is -4.89. The van der Waals surface area contributed by atoms with Gasteiger partial charge < -0.3 is 24.8 Å². The number of carbonyl (C=O) groups excluding carboxylic acids is 1. The van der Waals surface area contributed by atoms with E-state index in [1.54, 1.807) is 0 Å². The normalized spacial score (nSPS) is 29.4. The van der Waals surface area contributed by atoms with Crippen molar-refractivity contribution in [2.75, 3.05) is 11.9 Å². The number of amides is 1. The van der Waals surface area contributed by atoms with Crippen molar-refractivity contribution in [3.05, 3.63) is 30.2 Å². The minimum absolute atomic E-state index is 0.116. The average molecular weight is 497 g/mol. The number of hydrogen-bond acceptors (Lipinski definition) is 8. The number of carbonyl (C=O) groups is 1. The maximum atomic E-state index is 15.0. The molecular formula is C20H19F4N7O4. The lowest BCUT2D eigenvalue weighted by Gasteiger charge is -2.61. The van der Waals surface area contributed by atoms with E-state index in [4.69, 9.17) is 9.47 Å². The van der Waals surface area contributed by atoms with Gasteiger partial charge in [-0.05, 0) is 25.2 Å². The predicted molar refractivity (Wildman–Crippen MR) is 109 cm³/mol. The van der Waals surface area contributed by atoms with Crippen LogP contribution in [0.4, 0.5) is 34.0 Å². The molecule has 0 unspecified atom stereocenters. The van der Waals surface area contributed by atoms with Gasteiger partial charge in [0.05, 0.1) is 12.3 Å². The lowest BCUT2D eigenvalue weighted by Crippen LogP contribution is -2.68. The molecule has 0 spiro atoms. The second-order valence-electron chi connectivity index (χ2n) is 9.00. The molecule has 35 heavy (non-hydrogen) atoms. The number of ether oxygens (including phenoxy) is 3. The Bertz CT molecular complexity index is 1260. The van der Waals surface area contributed by atoms with E-state index in [1.165, 1.54) is 18.5 Å². The van der Waals surface area contributed by atoms with Crippen LogP contribution in [-0.4, -0.2) is 61.7 Å². The van der Waals surface area contributed by atoms with Crippen LogP contribution in [-0.2, 0) is 9.47 Å². The molecule has 3 aromatic heterocycles. The van der Waals surface area contributed by atoms with Gasteiger partial charge in [0.1, 0.15) is 11.6 Å². The fourth-order valence-electron chi connectivity index (χ4n) is 4.78. The van der Waals surface area contributed by atoms with E-state index in [0.717, 1.165) is 29.8 Å². The Morgan fingerprint density at radius 2 is 2.09 bits per heavy atom. The molecule has 7 rings (SSSR count). The van der Waals surface area contributed by atoms with Crippen LogP contribution in [0.3, 0.4) is 0 Å². The first-order chi connectivity index (χ1) is 16.7. The number of nitrogens with zero attached hydrogens (tertiary/aromatic N) is 4. The Balaban J connectivity index is 1.11. The van der Waals surface area contributed by atoms with E-state index in [-0.39, 0.29) is 35.0 Å². The Morgan fingerprint density at radius 1 is 1.29 bits per heavy atom. The number of rotatable bonds is 6. The highest BCUT2D eigenvalue weighted by Crippen LogP contribution is 2.57. The topological polar surface area (TPSA) is 128 Å². The van der Waals surface area contributed by atoms with Crippen molar-refractivity contribution in [1.29, 1.82) is 0 Å². The Labute approximate surface area is 194 Å². The minimum Gasteiger partial charge on any atom is -0.441 e. The third-order valence-corrected chi connectivity index (χ3v) is 6.49. The zero-order chi connectivity index (χ0) is 24.4. The SMILES string of the molecule is O=C(NC12CC(C1)C2)O[C@@H]1CO[C@H](c2cc(Nc3nccn4nc(OC(F)(F)F)cc34)n[nH]2)[C@@H]1F.